The maximum atomic E-state index is 12.6. The first-order chi connectivity index (χ1) is 8.74. The lowest BCUT2D eigenvalue weighted by molar-refractivity contribution is 0.0924. The fourth-order valence-corrected chi connectivity index (χ4v) is 3.51. The second-order valence-electron chi connectivity index (χ2n) is 4.62. The molecule has 0 bridgehead atoms. The third-order valence-corrected chi connectivity index (χ3v) is 4.72. The van der Waals surface area contributed by atoms with Gasteiger partial charge in [0.05, 0.1) is 12.2 Å². The number of hydrogen-bond acceptors (Lipinski definition) is 4. The summed E-state index contributed by atoms with van der Waals surface area (Å²) < 4.78 is 24.0. The predicted molar refractivity (Wildman–Crippen MR) is 78.5 cm³/mol. The molecule has 0 aliphatic carbocycles. The molecule has 0 aliphatic heterocycles. The van der Waals surface area contributed by atoms with Crippen LogP contribution in [0.3, 0.4) is 0 Å². The molecule has 106 valence electrons. The topological polar surface area (TPSA) is 52.6 Å². The van der Waals surface area contributed by atoms with Crippen LogP contribution in [0.2, 0.25) is 0 Å². The highest BCUT2D eigenvalue weighted by molar-refractivity contribution is 9.10. The summed E-state index contributed by atoms with van der Waals surface area (Å²) in [6.45, 7) is 6.85. The minimum Gasteiger partial charge on any atom is -0.300 e. The summed E-state index contributed by atoms with van der Waals surface area (Å²) in [4.78, 5) is 12.3. The van der Waals surface area contributed by atoms with Gasteiger partial charge in [0.15, 0.2) is 0 Å². The molecule has 0 radical (unpaired) electrons. The Morgan fingerprint density at radius 3 is 1.84 bits per heavy atom. The Labute approximate surface area is 122 Å². The van der Waals surface area contributed by atoms with E-state index in [9.17, 15) is 9.36 Å². The standard InChI is InChI=1S/C13H18BrO4P/c1-9(2)17-19(16,18-10(3)4)13(15)11-5-7-12(14)8-6-11/h5-10H,1-4H3. The van der Waals surface area contributed by atoms with E-state index in [1.807, 2.05) is 0 Å². The highest BCUT2D eigenvalue weighted by Crippen LogP contribution is 2.53. The van der Waals surface area contributed by atoms with E-state index in [2.05, 4.69) is 15.9 Å². The molecule has 0 amide bonds. The Bertz CT molecular complexity index is 468. The Morgan fingerprint density at radius 1 is 1.05 bits per heavy atom. The molecule has 0 atom stereocenters. The van der Waals surface area contributed by atoms with Gasteiger partial charge in [0.25, 0.3) is 5.52 Å². The predicted octanol–water partition coefficient (Wildman–Crippen LogP) is 4.63. The summed E-state index contributed by atoms with van der Waals surface area (Å²) >= 11 is 3.28. The van der Waals surface area contributed by atoms with E-state index in [4.69, 9.17) is 9.05 Å². The SMILES string of the molecule is CC(C)OP(=O)(OC(C)C)C(=O)c1ccc(Br)cc1. The van der Waals surface area contributed by atoms with E-state index in [1.54, 1.807) is 52.0 Å². The normalized spacial score (nSPS) is 12.2. The summed E-state index contributed by atoms with van der Waals surface area (Å²) in [5.74, 6) is 0. The molecule has 19 heavy (non-hydrogen) atoms. The smallest absolute Gasteiger partial charge is 0.300 e. The zero-order valence-electron chi connectivity index (χ0n) is 11.4. The van der Waals surface area contributed by atoms with Gasteiger partial charge in [0.1, 0.15) is 0 Å². The van der Waals surface area contributed by atoms with Crippen molar-refractivity contribution in [1.82, 2.24) is 0 Å². The van der Waals surface area contributed by atoms with E-state index in [-0.39, 0.29) is 12.2 Å². The largest absolute Gasteiger partial charge is 0.402 e. The maximum Gasteiger partial charge on any atom is 0.402 e. The van der Waals surface area contributed by atoms with Crippen molar-refractivity contribution in [2.45, 2.75) is 39.9 Å². The molecular formula is C13H18BrO4P. The van der Waals surface area contributed by atoms with Gasteiger partial charge in [-0.05, 0) is 52.0 Å². The average molecular weight is 349 g/mol. The molecule has 0 spiro atoms. The van der Waals surface area contributed by atoms with Gasteiger partial charge in [-0.3, -0.25) is 9.36 Å². The first-order valence-electron chi connectivity index (χ1n) is 6.02. The van der Waals surface area contributed by atoms with Gasteiger partial charge in [-0.25, -0.2) is 0 Å². The van der Waals surface area contributed by atoms with Gasteiger partial charge in [-0.15, -0.1) is 0 Å². The summed E-state index contributed by atoms with van der Waals surface area (Å²) in [5.41, 5.74) is -0.296. The fraction of sp³-hybridized carbons (Fsp3) is 0.462. The fourth-order valence-electron chi connectivity index (χ4n) is 1.43. The molecule has 0 N–H and O–H groups in total. The first kappa shape index (κ1) is 16.6. The van der Waals surface area contributed by atoms with Crippen molar-refractivity contribution in [1.29, 1.82) is 0 Å². The highest BCUT2D eigenvalue weighted by atomic mass is 79.9. The Hall–Kier alpha value is -0.480. The summed E-state index contributed by atoms with van der Waals surface area (Å²) in [5, 5.41) is 0. The number of carbonyl (C=O) groups excluding carboxylic acids is 1. The molecule has 0 heterocycles. The van der Waals surface area contributed by atoms with Crippen LogP contribution in [0.25, 0.3) is 0 Å². The van der Waals surface area contributed by atoms with Crippen LogP contribution in [0.5, 0.6) is 0 Å². The molecule has 0 aliphatic rings. The van der Waals surface area contributed by atoms with E-state index < -0.39 is 13.1 Å². The number of halogens is 1. The van der Waals surface area contributed by atoms with Gasteiger partial charge in [0, 0.05) is 10.0 Å². The van der Waals surface area contributed by atoms with Gasteiger partial charge in [-0.1, -0.05) is 15.9 Å². The van der Waals surface area contributed by atoms with Crippen molar-refractivity contribution >= 4 is 29.1 Å². The van der Waals surface area contributed by atoms with Crippen LogP contribution in [-0.4, -0.2) is 17.7 Å². The lowest BCUT2D eigenvalue weighted by Crippen LogP contribution is -2.14. The molecule has 0 aromatic heterocycles. The summed E-state index contributed by atoms with van der Waals surface area (Å²) in [7, 11) is -3.81. The number of carbonyl (C=O) groups is 1. The van der Waals surface area contributed by atoms with Gasteiger partial charge in [-0.2, -0.15) is 0 Å². The number of benzene rings is 1. The molecule has 0 saturated heterocycles. The monoisotopic (exact) mass is 348 g/mol. The van der Waals surface area contributed by atoms with Crippen molar-refractivity contribution in [3.05, 3.63) is 34.3 Å². The Morgan fingerprint density at radius 2 is 1.47 bits per heavy atom. The molecule has 0 fully saturated rings. The van der Waals surface area contributed by atoms with Crippen LogP contribution in [0.15, 0.2) is 28.7 Å². The summed E-state index contributed by atoms with van der Waals surface area (Å²) in [6, 6.07) is 6.60. The molecule has 1 aromatic rings. The molecule has 1 aromatic carbocycles. The quantitative estimate of drug-likeness (QED) is 0.703. The van der Waals surface area contributed by atoms with Crippen LogP contribution in [0.1, 0.15) is 38.1 Å². The van der Waals surface area contributed by atoms with Crippen molar-refractivity contribution in [2.24, 2.45) is 0 Å². The molecule has 6 heteroatoms. The first-order valence-corrected chi connectivity index (χ1v) is 8.35. The minimum atomic E-state index is -3.81. The molecule has 4 nitrogen and oxygen atoms in total. The third-order valence-electron chi connectivity index (χ3n) is 2.04. The van der Waals surface area contributed by atoms with Crippen LogP contribution < -0.4 is 0 Å². The van der Waals surface area contributed by atoms with Crippen molar-refractivity contribution in [2.75, 3.05) is 0 Å². The van der Waals surface area contributed by atoms with Crippen molar-refractivity contribution in [3.8, 4) is 0 Å². The van der Waals surface area contributed by atoms with Crippen LogP contribution >= 0.6 is 23.5 Å². The van der Waals surface area contributed by atoms with Crippen LogP contribution in [0.4, 0.5) is 0 Å². The number of hydrogen-bond donors (Lipinski definition) is 0. The van der Waals surface area contributed by atoms with E-state index >= 15 is 0 Å². The second-order valence-corrected chi connectivity index (χ2v) is 7.36. The number of rotatable bonds is 6. The van der Waals surface area contributed by atoms with Crippen molar-refractivity contribution in [3.63, 3.8) is 0 Å². The lowest BCUT2D eigenvalue weighted by atomic mass is 10.2. The van der Waals surface area contributed by atoms with E-state index in [0.29, 0.717) is 5.56 Å². The molecule has 0 unspecified atom stereocenters. The van der Waals surface area contributed by atoms with Crippen LogP contribution in [0, 0.1) is 0 Å². The molecule has 1 rings (SSSR count). The Balaban J connectivity index is 3.07. The van der Waals surface area contributed by atoms with Crippen LogP contribution in [-0.2, 0) is 13.6 Å². The zero-order chi connectivity index (χ0) is 14.6. The van der Waals surface area contributed by atoms with Gasteiger partial charge >= 0.3 is 7.60 Å². The minimum absolute atomic E-state index is 0.313. The van der Waals surface area contributed by atoms with Crippen molar-refractivity contribution < 1.29 is 18.4 Å². The highest BCUT2D eigenvalue weighted by Gasteiger charge is 2.37. The lowest BCUT2D eigenvalue weighted by Gasteiger charge is -2.21. The average Bonchev–Trinajstić information content (AvgIpc) is 2.26. The Kier molecular flexibility index (Phi) is 5.93. The molecule has 0 saturated carbocycles. The van der Waals surface area contributed by atoms with E-state index in [1.165, 1.54) is 0 Å². The second kappa shape index (κ2) is 6.80. The maximum absolute atomic E-state index is 12.6. The third kappa shape index (κ3) is 4.84. The van der Waals surface area contributed by atoms with Gasteiger partial charge in [0.2, 0.25) is 0 Å². The summed E-state index contributed by atoms with van der Waals surface area (Å²) in [6.07, 6.45) is -0.715. The molecular weight excluding hydrogens is 331 g/mol. The zero-order valence-corrected chi connectivity index (χ0v) is 13.9. The van der Waals surface area contributed by atoms with E-state index in [0.717, 1.165) is 4.47 Å². The van der Waals surface area contributed by atoms with Gasteiger partial charge < -0.3 is 9.05 Å².